The highest BCUT2D eigenvalue weighted by molar-refractivity contribution is 5.34. The Labute approximate surface area is 95.1 Å². The van der Waals surface area contributed by atoms with Crippen LogP contribution in [0.25, 0.3) is 0 Å². The van der Waals surface area contributed by atoms with Crippen molar-refractivity contribution in [3.63, 3.8) is 0 Å². The number of nitriles is 1. The summed E-state index contributed by atoms with van der Waals surface area (Å²) >= 11 is 0. The maximum absolute atomic E-state index is 13.7. The van der Waals surface area contributed by atoms with Crippen molar-refractivity contribution < 1.29 is 4.39 Å². The molecule has 1 aliphatic rings. The van der Waals surface area contributed by atoms with E-state index >= 15 is 0 Å². The number of rotatable bonds is 3. The maximum atomic E-state index is 13.7. The summed E-state index contributed by atoms with van der Waals surface area (Å²) in [5, 5.41) is 12.1. The van der Waals surface area contributed by atoms with Crippen molar-refractivity contribution in [3.05, 3.63) is 35.1 Å². The second-order valence-corrected chi connectivity index (χ2v) is 4.25. The highest BCUT2D eigenvalue weighted by atomic mass is 19.1. The minimum absolute atomic E-state index is 0.130. The zero-order valence-corrected chi connectivity index (χ0v) is 9.17. The first-order chi connectivity index (χ1) is 7.81. The first kappa shape index (κ1) is 11.1. The fourth-order valence-electron chi connectivity index (χ4n) is 2.19. The maximum Gasteiger partial charge on any atom is 0.145 e. The van der Waals surface area contributed by atoms with Crippen molar-refractivity contribution in [2.45, 2.75) is 38.3 Å². The highest BCUT2D eigenvalue weighted by Crippen LogP contribution is 2.19. The van der Waals surface area contributed by atoms with Gasteiger partial charge in [-0.2, -0.15) is 5.26 Å². The highest BCUT2D eigenvalue weighted by Gasteiger charge is 2.15. The lowest BCUT2D eigenvalue weighted by Gasteiger charge is -2.12. The van der Waals surface area contributed by atoms with Gasteiger partial charge in [0.15, 0.2) is 0 Å². The lowest BCUT2D eigenvalue weighted by molar-refractivity contribution is 0.508. The van der Waals surface area contributed by atoms with Crippen molar-refractivity contribution >= 4 is 0 Å². The van der Waals surface area contributed by atoms with E-state index in [1.807, 2.05) is 6.07 Å². The molecule has 2 nitrogen and oxygen atoms in total. The van der Waals surface area contributed by atoms with E-state index in [9.17, 15) is 4.39 Å². The zero-order chi connectivity index (χ0) is 11.4. The van der Waals surface area contributed by atoms with Crippen LogP contribution in [-0.2, 0) is 6.54 Å². The lowest BCUT2D eigenvalue weighted by Crippen LogP contribution is -2.25. The van der Waals surface area contributed by atoms with Gasteiger partial charge in [0.05, 0.1) is 5.56 Å². The van der Waals surface area contributed by atoms with Crippen LogP contribution in [-0.4, -0.2) is 6.04 Å². The average Bonchev–Trinajstić information content (AvgIpc) is 2.81. The van der Waals surface area contributed by atoms with Gasteiger partial charge in [-0.1, -0.05) is 25.0 Å². The van der Waals surface area contributed by atoms with Crippen LogP contribution in [0.15, 0.2) is 18.2 Å². The van der Waals surface area contributed by atoms with E-state index in [2.05, 4.69) is 5.32 Å². The molecule has 3 heteroatoms. The molecule has 0 bridgehead atoms. The molecule has 1 aliphatic carbocycles. The Morgan fingerprint density at radius 3 is 2.81 bits per heavy atom. The molecule has 0 unspecified atom stereocenters. The van der Waals surface area contributed by atoms with Crippen LogP contribution in [0.5, 0.6) is 0 Å². The largest absolute Gasteiger partial charge is 0.310 e. The van der Waals surface area contributed by atoms with Gasteiger partial charge in [0.1, 0.15) is 11.9 Å². The molecular formula is C13H15FN2. The molecule has 0 heterocycles. The zero-order valence-electron chi connectivity index (χ0n) is 9.17. The molecule has 0 atom stereocenters. The van der Waals surface area contributed by atoms with E-state index in [1.165, 1.54) is 31.7 Å². The molecule has 0 saturated heterocycles. The third-order valence-electron chi connectivity index (χ3n) is 3.14. The normalized spacial score (nSPS) is 16.2. The van der Waals surface area contributed by atoms with Crippen molar-refractivity contribution in [2.24, 2.45) is 0 Å². The van der Waals surface area contributed by atoms with Gasteiger partial charge in [-0.15, -0.1) is 0 Å². The van der Waals surface area contributed by atoms with Crippen LogP contribution < -0.4 is 5.32 Å². The Balaban J connectivity index is 2.01. The summed E-state index contributed by atoms with van der Waals surface area (Å²) in [4.78, 5) is 0. The third kappa shape index (κ3) is 2.40. The molecule has 1 fully saturated rings. The van der Waals surface area contributed by atoms with Gasteiger partial charge in [-0.05, 0) is 18.9 Å². The topological polar surface area (TPSA) is 35.8 Å². The average molecular weight is 218 g/mol. The predicted octanol–water partition coefficient (Wildman–Crippen LogP) is 2.73. The second kappa shape index (κ2) is 5.09. The Hall–Kier alpha value is -1.40. The molecule has 0 radical (unpaired) electrons. The number of nitrogens with zero attached hydrogens (tertiary/aromatic N) is 1. The van der Waals surface area contributed by atoms with Crippen molar-refractivity contribution in [2.75, 3.05) is 0 Å². The van der Waals surface area contributed by atoms with Crippen LogP contribution in [0, 0.1) is 17.1 Å². The van der Waals surface area contributed by atoms with Gasteiger partial charge in [0.2, 0.25) is 0 Å². The number of nitrogens with one attached hydrogen (secondary N) is 1. The van der Waals surface area contributed by atoms with Crippen molar-refractivity contribution in [3.8, 4) is 6.07 Å². The molecule has 1 aromatic carbocycles. The summed E-state index contributed by atoms with van der Waals surface area (Å²) in [7, 11) is 0. The predicted molar refractivity (Wildman–Crippen MR) is 60.2 cm³/mol. The van der Waals surface area contributed by atoms with Crippen LogP contribution in [0.3, 0.4) is 0 Å². The molecule has 2 rings (SSSR count). The quantitative estimate of drug-likeness (QED) is 0.846. The van der Waals surface area contributed by atoms with Crippen molar-refractivity contribution in [1.82, 2.24) is 5.32 Å². The molecular weight excluding hydrogens is 203 g/mol. The Bertz CT molecular complexity index is 403. The summed E-state index contributed by atoms with van der Waals surface area (Å²) in [6.07, 6.45) is 4.88. The lowest BCUT2D eigenvalue weighted by atomic mass is 10.1. The summed E-state index contributed by atoms with van der Waals surface area (Å²) in [5.41, 5.74) is 0.719. The van der Waals surface area contributed by atoms with Gasteiger partial charge in [0.25, 0.3) is 0 Å². The first-order valence-electron chi connectivity index (χ1n) is 5.72. The van der Waals surface area contributed by atoms with Crippen molar-refractivity contribution in [1.29, 1.82) is 5.26 Å². The SMILES string of the molecule is N#Cc1cccc(CNC2CCCC2)c1F. The molecule has 0 aromatic heterocycles. The standard InChI is InChI=1S/C13H15FN2/c14-13-10(8-15)4-3-5-11(13)9-16-12-6-1-2-7-12/h3-5,12,16H,1-2,6-7,9H2. The Morgan fingerprint density at radius 2 is 2.12 bits per heavy atom. The van der Waals surface area contributed by atoms with Crippen LogP contribution >= 0.6 is 0 Å². The smallest absolute Gasteiger partial charge is 0.145 e. The molecule has 0 amide bonds. The molecule has 84 valence electrons. The summed E-state index contributed by atoms with van der Waals surface area (Å²) in [6.45, 7) is 0.520. The first-order valence-corrected chi connectivity index (χ1v) is 5.72. The summed E-state index contributed by atoms with van der Waals surface area (Å²) in [6, 6.07) is 7.35. The summed E-state index contributed by atoms with van der Waals surface area (Å²) < 4.78 is 13.7. The number of hydrogen-bond acceptors (Lipinski definition) is 2. The monoisotopic (exact) mass is 218 g/mol. The van der Waals surface area contributed by atoms with E-state index in [0.29, 0.717) is 18.2 Å². The fraction of sp³-hybridized carbons (Fsp3) is 0.462. The second-order valence-electron chi connectivity index (χ2n) is 4.25. The van der Waals surface area contributed by atoms with E-state index in [4.69, 9.17) is 5.26 Å². The Kier molecular flexibility index (Phi) is 3.53. The summed E-state index contributed by atoms with van der Waals surface area (Å²) in [5.74, 6) is -0.379. The Morgan fingerprint density at radius 1 is 1.38 bits per heavy atom. The van der Waals surface area contributed by atoms with E-state index in [0.717, 1.165) is 0 Å². The fourth-order valence-corrected chi connectivity index (χ4v) is 2.19. The van der Waals surface area contributed by atoms with Crippen LogP contribution in [0.4, 0.5) is 4.39 Å². The van der Waals surface area contributed by atoms with E-state index in [1.54, 1.807) is 12.1 Å². The molecule has 0 spiro atoms. The molecule has 16 heavy (non-hydrogen) atoms. The molecule has 1 aromatic rings. The van der Waals surface area contributed by atoms with Gasteiger partial charge in [-0.25, -0.2) is 4.39 Å². The minimum atomic E-state index is -0.379. The minimum Gasteiger partial charge on any atom is -0.310 e. The van der Waals surface area contributed by atoms with Crippen LogP contribution in [0.1, 0.15) is 36.8 Å². The number of halogens is 1. The van der Waals surface area contributed by atoms with Gasteiger partial charge in [0, 0.05) is 18.2 Å². The number of benzene rings is 1. The molecule has 1 saturated carbocycles. The van der Waals surface area contributed by atoms with Gasteiger partial charge in [-0.3, -0.25) is 0 Å². The van der Waals surface area contributed by atoms with E-state index < -0.39 is 0 Å². The van der Waals surface area contributed by atoms with Gasteiger partial charge >= 0.3 is 0 Å². The third-order valence-corrected chi connectivity index (χ3v) is 3.14. The molecule has 1 N–H and O–H groups in total. The van der Waals surface area contributed by atoms with Crippen LogP contribution in [0.2, 0.25) is 0 Å². The number of hydrogen-bond donors (Lipinski definition) is 1. The molecule has 0 aliphatic heterocycles. The van der Waals surface area contributed by atoms with E-state index in [-0.39, 0.29) is 11.4 Å². The van der Waals surface area contributed by atoms with Gasteiger partial charge < -0.3 is 5.32 Å².